The predicted molar refractivity (Wildman–Crippen MR) is 48.4 cm³/mol. The van der Waals surface area contributed by atoms with E-state index in [0.717, 1.165) is 18.5 Å². The molecule has 0 unspecified atom stereocenters. The van der Waals surface area contributed by atoms with Gasteiger partial charge in [-0.25, -0.2) is 0 Å². The van der Waals surface area contributed by atoms with Gasteiger partial charge in [-0.2, -0.15) is 4.68 Å². The number of fused-ring (bicyclic) bond motifs is 3. The van der Waals surface area contributed by atoms with Crippen LogP contribution in [0.2, 0.25) is 0 Å². The standard InChI is InChI=1S/C10H10N2O/c13-9-2-3-10-8(6-9)7-11-4-1-5-12(10)11/h2-3,6-7H,1,4-5H2/p+1. The first-order valence-electron chi connectivity index (χ1n) is 4.56. The van der Waals surface area contributed by atoms with Crippen LogP contribution in [0.1, 0.15) is 6.42 Å². The van der Waals surface area contributed by atoms with Crippen LogP contribution < -0.4 is 4.68 Å². The smallest absolute Gasteiger partial charge is 0.203 e. The molecule has 3 heteroatoms. The third kappa shape index (κ3) is 0.869. The third-order valence-corrected chi connectivity index (χ3v) is 2.64. The van der Waals surface area contributed by atoms with Crippen molar-refractivity contribution in [1.82, 2.24) is 4.68 Å². The fourth-order valence-electron chi connectivity index (χ4n) is 2.07. The molecule has 0 aliphatic carbocycles. The SMILES string of the molecule is Oc1ccc2c(c1)c[n+]1n2CCC1. The van der Waals surface area contributed by atoms with Crippen LogP contribution in [0.4, 0.5) is 0 Å². The molecule has 1 aromatic carbocycles. The van der Waals surface area contributed by atoms with Gasteiger partial charge in [-0.1, -0.05) is 0 Å². The van der Waals surface area contributed by atoms with E-state index in [1.54, 1.807) is 6.07 Å². The molecule has 3 nitrogen and oxygen atoms in total. The molecule has 13 heavy (non-hydrogen) atoms. The van der Waals surface area contributed by atoms with E-state index >= 15 is 0 Å². The summed E-state index contributed by atoms with van der Waals surface area (Å²) in [5, 5.41) is 10.4. The first-order chi connectivity index (χ1) is 6.34. The van der Waals surface area contributed by atoms with Crippen molar-refractivity contribution < 1.29 is 9.79 Å². The third-order valence-electron chi connectivity index (χ3n) is 2.64. The lowest BCUT2D eigenvalue weighted by atomic mass is 10.2. The number of benzene rings is 1. The Morgan fingerprint density at radius 1 is 1.38 bits per heavy atom. The van der Waals surface area contributed by atoms with Gasteiger partial charge in [0.05, 0.1) is 11.9 Å². The van der Waals surface area contributed by atoms with Crippen LogP contribution in [-0.4, -0.2) is 9.79 Å². The molecule has 3 rings (SSSR count). The minimum Gasteiger partial charge on any atom is -0.508 e. The highest BCUT2D eigenvalue weighted by molar-refractivity contribution is 5.79. The molecule has 1 aliphatic rings. The quantitative estimate of drug-likeness (QED) is 0.595. The van der Waals surface area contributed by atoms with Crippen LogP contribution in [0.25, 0.3) is 10.9 Å². The predicted octanol–water partition coefficient (Wildman–Crippen LogP) is 1.04. The van der Waals surface area contributed by atoms with Crippen molar-refractivity contribution in [2.75, 3.05) is 0 Å². The van der Waals surface area contributed by atoms with Gasteiger partial charge in [-0.05, 0) is 18.2 Å². The Bertz CT molecular complexity index is 473. The van der Waals surface area contributed by atoms with Crippen LogP contribution in [0.15, 0.2) is 24.4 Å². The first-order valence-corrected chi connectivity index (χ1v) is 4.56. The van der Waals surface area contributed by atoms with Gasteiger partial charge in [0.15, 0.2) is 6.54 Å². The van der Waals surface area contributed by atoms with Crippen molar-refractivity contribution in [3.05, 3.63) is 24.4 Å². The van der Waals surface area contributed by atoms with Crippen molar-refractivity contribution in [1.29, 1.82) is 0 Å². The summed E-state index contributed by atoms with van der Waals surface area (Å²) < 4.78 is 4.47. The van der Waals surface area contributed by atoms with Gasteiger partial charge in [0, 0.05) is 6.42 Å². The Labute approximate surface area is 75.8 Å². The minimum absolute atomic E-state index is 0.345. The van der Waals surface area contributed by atoms with E-state index in [1.165, 1.54) is 11.9 Å². The molecule has 0 radical (unpaired) electrons. The van der Waals surface area contributed by atoms with Crippen LogP contribution in [0.3, 0.4) is 0 Å². The number of phenols is 1. The van der Waals surface area contributed by atoms with Gasteiger partial charge in [0.1, 0.15) is 11.3 Å². The van der Waals surface area contributed by atoms with Crippen LogP contribution in [0, 0.1) is 0 Å². The van der Waals surface area contributed by atoms with E-state index in [2.05, 4.69) is 15.6 Å². The molecule has 2 heterocycles. The maximum Gasteiger partial charge on any atom is 0.203 e. The molecular weight excluding hydrogens is 164 g/mol. The number of rotatable bonds is 0. The van der Waals surface area contributed by atoms with Crippen molar-refractivity contribution in [3.8, 4) is 5.75 Å². The Kier molecular flexibility index (Phi) is 1.20. The maximum atomic E-state index is 9.30. The van der Waals surface area contributed by atoms with E-state index in [4.69, 9.17) is 0 Å². The van der Waals surface area contributed by atoms with Crippen molar-refractivity contribution in [2.45, 2.75) is 19.5 Å². The number of hydrogen-bond acceptors (Lipinski definition) is 1. The van der Waals surface area contributed by atoms with E-state index in [1.807, 2.05) is 12.1 Å². The molecule has 1 aromatic heterocycles. The van der Waals surface area contributed by atoms with Crippen molar-refractivity contribution in [3.63, 3.8) is 0 Å². The summed E-state index contributed by atoms with van der Waals surface area (Å²) in [6.07, 6.45) is 3.32. The highest BCUT2D eigenvalue weighted by atomic mass is 16.3. The van der Waals surface area contributed by atoms with Gasteiger partial charge in [0.25, 0.3) is 0 Å². The molecule has 2 aromatic rings. The second kappa shape index (κ2) is 2.25. The molecule has 0 atom stereocenters. The summed E-state index contributed by atoms with van der Waals surface area (Å²) >= 11 is 0. The zero-order chi connectivity index (χ0) is 8.84. The fraction of sp³-hybridized carbons (Fsp3) is 0.300. The molecule has 0 fully saturated rings. The largest absolute Gasteiger partial charge is 0.508 e. The van der Waals surface area contributed by atoms with Gasteiger partial charge in [-0.3, -0.25) is 0 Å². The van der Waals surface area contributed by atoms with Crippen LogP contribution >= 0.6 is 0 Å². The molecular formula is C10H11N2O+. The molecule has 0 amide bonds. The van der Waals surface area contributed by atoms with Gasteiger partial charge < -0.3 is 5.11 Å². The summed E-state index contributed by atoms with van der Waals surface area (Å²) in [4.78, 5) is 0. The number of aromatic nitrogens is 2. The Hall–Kier alpha value is -1.51. The summed E-state index contributed by atoms with van der Waals surface area (Å²) in [5.41, 5.74) is 1.22. The summed E-state index contributed by atoms with van der Waals surface area (Å²) in [7, 11) is 0. The maximum absolute atomic E-state index is 9.30. The zero-order valence-electron chi connectivity index (χ0n) is 7.27. The van der Waals surface area contributed by atoms with Crippen LogP contribution in [-0.2, 0) is 13.1 Å². The average Bonchev–Trinajstić information content (AvgIpc) is 2.62. The molecule has 0 spiro atoms. The molecule has 1 N–H and O–H groups in total. The molecule has 0 saturated carbocycles. The van der Waals surface area contributed by atoms with E-state index in [-0.39, 0.29) is 0 Å². The second-order valence-electron chi connectivity index (χ2n) is 3.51. The van der Waals surface area contributed by atoms with E-state index in [9.17, 15) is 5.11 Å². The van der Waals surface area contributed by atoms with Crippen molar-refractivity contribution >= 4 is 10.9 Å². The summed E-state index contributed by atoms with van der Waals surface area (Å²) in [6.45, 7) is 2.18. The topological polar surface area (TPSA) is 29.0 Å². The Morgan fingerprint density at radius 2 is 2.31 bits per heavy atom. The summed E-state index contributed by atoms with van der Waals surface area (Å²) in [6, 6.07) is 5.54. The zero-order valence-corrected chi connectivity index (χ0v) is 7.27. The Balaban J connectivity index is 2.38. The van der Waals surface area contributed by atoms with Gasteiger partial charge in [-0.15, -0.1) is 4.68 Å². The minimum atomic E-state index is 0.345. The van der Waals surface area contributed by atoms with E-state index < -0.39 is 0 Å². The Morgan fingerprint density at radius 3 is 3.23 bits per heavy atom. The van der Waals surface area contributed by atoms with Crippen molar-refractivity contribution in [2.24, 2.45) is 0 Å². The number of hydrogen-bond donors (Lipinski definition) is 1. The normalized spacial score (nSPS) is 15.1. The number of aryl methyl sites for hydroxylation is 2. The monoisotopic (exact) mass is 175 g/mol. The van der Waals surface area contributed by atoms with Gasteiger partial charge in [0.2, 0.25) is 6.20 Å². The average molecular weight is 175 g/mol. The second-order valence-corrected chi connectivity index (χ2v) is 3.51. The highest BCUT2D eigenvalue weighted by Crippen LogP contribution is 2.20. The van der Waals surface area contributed by atoms with Crippen LogP contribution in [0.5, 0.6) is 5.75 Å². The number of aromatic hydroxyl groups is 1. The lowest BCUT2D eigenvalue weighted by Crippen LogP contribution is -2.35. The fourth-order valence-corrected chi connectivity index (χ4v) is 2.07. The number of phenolic OH excluding ortho intramolecular Hbond substituents is 1. The first kappa shape index (κ1) is 6.95. The molecule has 66 valence electrons. The number of nitrogens with zero attached hydrogens (tertiary/aromatic N) is 2. The highest BCUT2D eigenvalue weighted by Gasteiger charge is 2.20. The summed E-state index contributed by atoms with van der Waals surface area (Å²) in [5.74, 6) is 0.345. The van der Waals surface area contributed by atoms with Gasteiger partial charge >= 0.3 is 0 Å². The van der Waals surface area contributed by atoms with E-state index in [0.29, 0.717) is 5.75 Å². The molecule has 1 aliphatic heterocycles. The molecule has 0 saturated heterocycles. The molecule has 0 bridgehead atoms. The lowest BCUT2D eigenvalue weighted by Gasteiger charge is -1.92. The lowest BCUT2D eigenvalue weighted by molar-refractivity contribution is -0.755.